The summed E-state index contributed by atoms with van der Waals surface area (Å²) in [5, 5.41) is 6.48. The van der Waals surface area contributed by atoms with Gasteiger partial charge in [0.25, 0.3) is 5.91 Å². The van der Waals surface area contributed by atoms with Crippen LogP contribution in [0.3, 0.4) is 0 Å². The average Bonchev–Trinajstić information content (AvgIpc) is 3.25. The van der Waals surface area contributed by atoms with Crippen LogP contribution in [0.1, 0.15) is 35.8 Å². The summed E-state index contributed by atoms with van der Waals surface area (Å²) in [4.78, 5) is 38.6. The first-order chi connectivity index (χ1) is 17.9. The third kappa shape index (κ3) is 6.29. The summed E-state index contributed by atoms with van der Waals surface area (Å²) < 4.78 is 6.42. The van der Waals surface area contributed by atoms with Crippen LogP contribution >= 0.6 is 11.6 Å². The monoisotopic (exact) mass is 518 g/mol. The number of unbranched alkanes of at least 4 members (excludes halogenated alkanes) is 1. The van der Waals surface area contributed by atoms with Crippen LogP contribution in [0, 0.1) is 0 Å². The van der Waals surface area contributed by atoms with Crippen molar-refractivity contribution in [3.63, 3.8) is 0 Å². The average molecular weight is 519 g/mol. The van der Waals surface area contributed by atoms with Gasteiger partial charge in [-0.2, -0.15) is 0 Å². The molecule has 0 unspecified atom stereocenters. The molecule has 1 aromatic heterocycles. The summed E-state index contributed by atoms with van der Waals surface area (Å²) in [6.07, 6.45) is 3.13. The van der Waals surface area contributed by atoms with Crippen LogP contribution in [-0.2, 0) is 16.0 Å². The zero-order valence-corrected chi connectivity index (χ0v) is 21.3. The van der Waals surface area contributed by atoms with E-state index in [0.717, 1.165) is 24.8 Å². The predicted octanol–water partition coefficient (Wildman–Crippen LogP) is 5.61. The summed E-state index contributed by atoms with van der Waals surface area (Å²) in [7, 11) is 1.55. The molecule has 190 valence electrons. The Bertz CT molecular complexity index is 1430. The number of nitrogens with zero attached hydrogens (tertiary/aromatic N) is 1. The van der Waals surface area contributed by atoms with Gasteiger partial charge in [-0.3, -0.25) is 19.8 Å². The van der Waals surface area contributed by atoms with E-state index in [4.69, 9.17) is 16.3 Å². The van der Waals surface area contributed by atoms with E-state index in [1.807, 2.05) is 12.1 Å². The second-order valence-electron chi connectivity index (χ2n) is 8.45. The summed E-state index contributed by atoms with van der Waals surface area (Å²) >= 11 is 6.13. The van der Waals surface area contributed by atoms with Crippen molar-refractivity contribution in [2.45, 2.75) is 26.2 Å². The van der Waals surface area contributed by atoms with Gasteiger partial charge >= 0.3 is 11.8 Å². The fraction of sp³-hybridized carbons (Fsp3) is 0.179. The molecule has 0 aliphatic rings. The summed E-state index contributed by atoms with van der Waals surface area (Å²) in [6, 6.07) is 20.8. The van der Waals surface area contributed by atoms with Gasteiger partial charge in [-0.25, -0.2) is 4.68 Å². The molecule has 0 atom stereocenters. The molecule has 0 radical (unpaired) electrons. The molecule has 8 nitrogen and oxygen atoms in total. The third-order valence-corrected chi connectivity index (χ3v) is 6.03. The number of aromatic nitrogens is 1. The maximum absolute atomic E-state index is 13.1. The largest absolute Gasteiger partial charge is 0.497 e. The van der Waals surface area contributed by atoms with Gasteiger partial charge < -0.3 is 15.4 Å². The van der Waals surface area contributed by atoms with Crippen molar-refractivity contribution in [2.24, 2.45) is 0 Å². The zero-order chi connectivity index (χ0) is 26.4. The van der Waals surface area contributed by atoms with E-state index in [2.05, 4.69) is 23.0 Å². The smallest absolute Gasteiger partial charge is 0.328 e. The van der Waals surface area contributed by atoms with E-state index in [1.165, 1.54) is 4.68 Å². The van der Waals surface area contributed by atoms with Gasteiger partial charge in [0.05, 0.1) is 12.6 Å². The number of amides is 3. The number of benzene rings is 3. The van der Waals surface area contributed by atoms with E-state index in [1.54, 1.807) is 67.8 Å². The molecule has 37 heavy (non-hydrogen) atoms. The number of halogens is 1. The number of rotatable bonds is 8. The lowest BCUT2D eigenvalue weighted by atomic mass is 10.1. The predicted molar refractivity (Wildman–Crippen MR) is 146 cm³/mol. The quantitative estimate of drug-likeness (QED) is 0.264. The van der Waals surface area contributed by atoms with Crippen molar-refractivity contribution in [3.05, 3.63) is 89.1 Å². The Kier molecular flexibility index (Phi) is 8.10. The van der Waals surface area contributed by atoms with Gasteiger partial charge in [0, 0.05) is 21.8 Å². The maximum Gasteiger partial charge on any atom is 0.328 e. The van der Waals surface area contributed by atoms with Crippen LogP contribution in [0.25, 0.3) is 10.9 Å². The second kappa shape index (κ2) is 11.6. The van der Waals surface area contributed by atoms with Gasteiger partial charge in [0.2, 0.25) is 0 Å². The van der Waals surface area contributed by atoms with Crippen molar-refractivity contribution in [1.82, 2.24) is 4.68 Å². The van der Waals surface area contributed by atoms with Gasteiger partial charge in [0.15, 0.2) is 0 Å². The van der Waals surface area contributed by atoms with Crippen molar-refractivity contribution in [1.29, 1.82) is 0 Å². The normalized spacial score (nSPS) is 10.7. The molecule has 1 heterocycles. The van der Waals surface area contributed by atoms with E-state index in [0.29, 0.717) is 33.0 Å². The molecular weight excluding hydrogens is 492 g/mol. The molecule has 0 aliphatic heterocycles. The number of methoxy groups -OCH3 is 1. The minimum absolute atomic E-state index is 0.120. The highest BCUT2D eigenvalue weighted by molar-refractivity contribution is 6.42. The van der Waals surface area contributed by atoms with Crippen LogP contribution in [-0.4, -0.2) is 29.5 Å². The van der Waals surface area contributed by atoms with Crippen LogP contribution < -0.4 is 20.8 Å². The first-order valence-electron chi connectivity index (χ1n) is 11.9. The SMILES string of the molecule is CCCCc1ccc(NC(=O)C(=O)Nn2c(C(=O)Nc3ccc(OC)cc3)cc3cc(Cl)ccc32)cc1. The first-order valence-corrected chi connectivity index (χ1v) is 12.2. The van der Waals surface area contributed by atoms with Crippen LogP contribution in [0.15, 0.2) is 72.8 Å². The van der Waals surface area contributed by atoms with Gasteiger partial charge in [-0.15, -0.1) is 0 Å². The fourth-order valence-corrected chi connectivity index (χ4v) is 4.00. The molecule has 3 N–H and O–H groups in total. The highest BCUT2D eigenvalue weighted by atomic mass is 35.5. The molecule has 0 saturated heterocycles. The van der Waals surface area contributed by atoms with Gasteiger partial charge in [0.1, 0.15) is 11.4 Å². The maximum atomic E-state index is 13.1. The molecule has 3 aromatic carbocycles. The molecule has 4 aromatic rings. The van der Waals surface area contributed by atoms with Crippen molar-refractivity contribution in [2.75, 3.05) is 23.2 Å². The first kappa shape index (κ1) is 25.8. The Labute approximate surface area is 219 Å². The Hall–Kier alpha value is -4.30. The minimum Gasteiger partial charge on any atom is -0.497 e. The number of carbonyl (C=O) groups is 3. The van der Waals surface area contributed by atoms with E-state index < -0.39 is 17.7 Å². The molecule has 0 saturated carbocycles. The number of hydrogen-bond donors (Lipinski definition) is 3. The van der Waals surface area contributed by atoms with Crippen LogP contribution in [0.4, 0.5) is 11.4 Å². The number of carbonyl (C=O) groups excluding carboxylic acids is 3. The lowest BCUT2D eigenvalue weighted by molar-refractivity contribution is -0.133. The summed E-state index contributed by atoms with van der Waals surface area (Å²) in [6.45, 7) is 2.13. The van der Waals surface area contributed by atoms with Crippen molar-refractivity contribution >= 4 is 51.6 Å². The van der Waals surface area contributed by atoms with E-state index >= 15 is 0 Å². The molecule has 9 heteroatoms. The number of anilines is 2. The summed E-state index contributed by atoms with van der Waals surface area (Å²) in [5.74, 6) is -1.63. The highest BCUT2D eigenvalue weighted by Crippen LogP contribution is 2.24. The third-order valence-electron chi connectivity index (χ3n) is 5.79. The van der Waals surface area contributed by atoms with E-state index in [9.17, 15) is 14.4 Å². The Morgan fingerprint density at radius 2 is 1.54 bits per heavy atom. The number of nitrogens with one attached hydrogen (secondary N) is 3. The number of ether oxygens (including phenoxy) is 1. The lowest BCUT2D eigenvalue weighted by Crippen LogP contribution is -2.36. The zero-order valence-electron chi connectivity index (χ0n) is 20.5. The molecule has 0 bridgehead atoms. The highest BCUT2D eigenvalue weighted by Gasteiger charge is 2.21. The Morgan fingerprint density at radius 3 is 2.22 bits per heavy atom. The molecular formula is C28H27ClN4O4. The van der Waals surface area contributed by atoms with Gasteiger partial charge in [-0.1, -0.05) is 37.1 Å². The topological polar surface area (TPSA) is 101 Å². The number of aryl methyl sites for hydroxylation is 1. The summed E-state index contributed by atoms with van der Waals surface area (Å²) in [5.41, 5.74) is 5.36. The number of fused-ring (bicyclic) bond motifs is 1. The number of hydrogen-bond acceptors (Lipinski definition) is 4. The minimum atomic E-state index is -0.930. The molecule has 0 aliphatic carbocycles. The van der Waals surface area contributed by atoms with Crippen LogP contribution in [0.2, 0.25) is 5.02 Å². The Balaban J connectivity index is 1.53. The van der Waals surface area contributed by atoms with Crippen molar-refractivity contribution in [3.8, 4) is 5.75 Å². The van der Waals surface area contributed by atoms with Crippen molar-refractivity contribution < 1.29 is 19.1 Å². The van der Waals surface area contributed by atoms with Crippen LogP contribution in [0.5, 0.6) is 5.75 Å². The molecule has 0 fully saturated rings. The standard InChI is InChI=1S/C28H27ClN4O4/c1-3-4-5-18-6-9-21(10-7-18)31-27(35)28(36)32-33-24-15-8-20(29)16-19(24)17-25(33)26(34)30-22-11-13-23(37-2)14-12-22/h6-17H,3-5H2,1-2H3,(H,30,34)(H,31,35)(H,32,36). The molecule has 0 spiro atoms. The van der Waals surface area contributed by atoms with Gasteiger partial charge in [-0.05, 0) is 79.1 Å². The van der Waals surface area contributed by atoms with E-state index in [-0.39, 0.29) is 5.69 Å². The molecule has 3 amide bonds. The Morgan fingerprint density at radius 1 is 0.865 bits per heavy atom. The lowest BCUT2D eigenvalue weighted by Gasteiger charge is -2.13. The fourth-order valence-electron chi connectivity index (χ4n) is 3.82. The molecule has 4 rings (SSSR count). The second-order valence-corrected chi connectivity index (χ2v) is 8.88.